The first-order valence-electron chi connectivity index (χ1n) is 8.69. The Morgan fingerprint density at radius 1 is 1.40 bits per heavy atom. The summed E-state index contributed by atoms with van der Waals surface area (Å²) in [6, 6.07) is 7.87. The maximum atomic E-state index is 6.00. The Hall–Kier alpha value is -2.08. The summed E-state index contributed by atoms with van der Waals surface area (Å²) in [4.78, 5) is 8.69. The molecule has 25 heavy (non-hydrogen) atoms. The molecule has 2 N–H and O–H groups in total. The van der Waals surface area contributed by atoms with Crippen LogP contribution in [0.3, 0.4) is 0 Å². The second kappa shape index (κ2) is 8.34. The Balaban J connectivity index is 1.55. The average molecular weight is 362 g/mol. The Labute approximate surface area is 153 Å². The summed E-state index contributed by atoms with van der Waals surface area (Å²) in [6.07, 6.45) is 4.95. The van der Waals surface area contributed by atoms with Gasteiger partial charge in [0.25, 0.3) is 0 Å². The zero-order chi connectivity index (χ0) is 17.6. The van der Waals surface area contributed by atoms with Crippen molar-refractivity contribution in [1.29, 1.82) is 0 Å². The number of aromatic nitrogens is 2. The van der Waals surface area contributed by atoms with Gasteiger partial charge in [0.1, 0.15) is 0 Å². The van der Waals surface area contributed by atoms with Crippen LogP contribution in [0.1, 0.15) is 38.5 Å². The Morgan fingerprint density at radius 3 is 3.04 bits per heavy atom. The first kappa shape index (κ1) is 17.7. The van der Waals surface area contributed by atoms with E-state index >= 15 is 0 Å². The first-order chi connectivity index (χ1) is 12.1. The van der Waals surface area contributed by atoms with Crippen molar-refractivity contribution in [2.45, 2.75) is 45.2 Å². The first-order valence-corrected chi connectivity index (χ1v) is 9.07. The van der Waals surface area contributed by atoms with Gasteiger partial charge in [-0.1, -0.05) is 48.7 Å². The minimum absolute atomic E-state index is 0.426. The topological polar surface area (TPSA) is 75.3 Å². The van der Waals surface area contributed by atoms with Crippen molar-refractivity contribution in [2.75, 3.05) is 7.05 Å². The summed E-state index contributed by atoms with van der Waals surface area (Å²) in [5, 5.41) is 11.4. The number of halogens is 1. The molecule has 1 heterocycles. The third-order valence-electron chi connectivity index (χ3n) is 4.46. The minimum atomic E-state index is 0.426. The highest BCUT2D eigenvalue weighted by atomic mass is 35.5. The van der Waals surface area contributed by atoms with Crippen molar-refractivity contribution in [3.05, 3.63) is 35.2 Å². The van der Waals surface area contributed by atoms with E-state index in [2.05, 4.69) is 32.7 Å². The van der Waals surface area contributed by atoms with Crippen LogP contribution in [0.25, 0.3) is 11.4 Å². The lowest BCUT2D eigenvalue weighted by molar-refractivity contribution is 0.323. The predicted molar refractivity (Wildman–Crippen MR) is 99.5 cm³/mol. The molecule has 0 spiro atoms. The minimum Gasteiger partial charge on any atom is -0.354 e. The van der Waals surface area contributed by atoms with Crippen LogP contribution >= 0.6 is 11.6 Å². The molecule has 1 fully saturated rings. The maximum Gasteiger partial charge on any atom is 0.246 e. The molecule has 0 radical (unpaired) electrons. The molecule has 0 amide bonds. The number of guanidine groups is 1. The smallest absolute Gasteiger partial charge is 0.246 e. The van der Waals surface area contributed by atoms with E-state index < -0.39 is 0 Å². The number of hydrogen-bond donors (Lipinski definition) is 2. The average Bonchev–Trinajstić information content (AvgIpc) is 3.08. The third-order valence-corrected chi connectivity index (χ3v) is 4.69. The Morgan fingerprint density at radius 2 is 2.28 bits per heavy atom. The molecule has 1 aliphatic rings. The van der Waals surface area contributed by atoms with Gasteiger partial charge in [-0.3, -0.25) is 4.99 Å². The fraction of sp³-hybridized carbons (Fsp3) is 0.500. The van der Waals surface area contributed by atoms with E-state index in [9.17, 15) is 0 Å². The van der Waals surface area contributed by atoms with Crippen LogP contribution in [-0.4, -0.2) is 29.2 Å². The van der Waals surface area contributed by atoms with Crippen molar-refractivity contribution in [3.63, 3.8) is 0 Å². The van der Waals surface area contributed by atoms with E-state index in [0.29, 0.717) is 29.3 Å². The van der Waals surface area contributed by atoms with Crippen molar-refractivity contribution in [1.82, 2.24) is 20.8 Å². The molecule has 6 nitrogen and oxygen atoms in total. The molecular formula is C18H24ClN5O. The number of nitrogens with one attached hydrogen (secondary N) is 2. The summed E-state index contributed by atoms with van der Waals surface area (Å²) in [5.41, 5.74) is 0.834. The number of nitrogens with zero attached hydrogens (tertiary/aromatic N) is 3. The van der Waals surface area contributed by atoms with Crippen LogP contribution in [0.2, 0.25) is 5.02 Å². The molecule has 7 heteroatoms. The zero-order valence-corrected chi connectivity index (χ0v) is 15.4. The zero-order valence-electron chi connectivity index (χ0n) is 14.6. The summed E-state index contributed by atoms with van der Waals surface area (Å²) in [6.45, 7) is 2.73. The van der Waals surface area contributed by atoms with Crippen LogP contribution in [0.15, 0.2) is 33.8 Å². The second-order valence-electron chi connectivity index (χ2n) is 6.56. The highest BCUT2D eigenvalue weighted by Crippen LogP contribution is 2.23. The molecule has 2 unspecified atom stereocenters. The summed E-state index contributed by atoms with van der Waals surface area (Å²) in [5.74, 6) is 2.57. The summed E-state index contributed by atoms with van der Waals surface area (Å²) < 4.78 is 5.31. The third kappa shape index (κ3) is 4.95. The number of aliphatic imine (C=N–C) groups is 1. The molecule has 1 aromatic carbocycles. The lowest BCUT2D eigenvalue weighted by atomic mass is 9.87. The van der Waals surface area contributed by atoms with Gasteiger partial charge in [-0.2, -0.15) is 4.98 Å². The Bertz CT molecular complexity index is 730. The molecule has 1 saturated carbocycles. The van der Waals surface area contributed by atoms with E-state index in [1.54, 1.807) is 7.05 Å². The predicted octanol–water partition coefficient (Wildman–Crippen LogP) is 3.63. The van der Waals surface area contributed by atoms with E-state index in [-0.39, 0.29) is 0 Å². The van der Waals surface area contributed by atoms with Gasteiger partial charge in [0.05, 0.1) is 6.54 Å². The van der Waals surface area contributed by atoms with Crippen molar-refractivity contribution >= 4 is 17.6 Å². The van der Waals surface area contributed by atoms with Gasteiger partial charge in [-0.15, -0.1) is 0 Å². The molecule has 1 aliphatic carbocycles. The van der Waals surface area contributed by atoms with Crippen molar-refractivity contribution in [3.8, 4) is 11.4 Å². The summed E-state index contributed by atoms with van der Waals surface area (Å²) in [7, 11) is 1.77. The largest absolute Gasteiger partial charge is 0.354 e. The normalized spacial score (nSPS) is 21.2. The van der Waals surface area contributed by atoms with Crippen molar-refractivity contribution < 1.29 is 4.52 Å². The van der Waals surface area contributed by atoms with E-state index in [1.165, 1.54) is 25.7 Å². The van der Waals surface area contributed by atoms with E-state index in [0.717, 1.165) is 17.4 Å². The van der Waals surface area contributed by atoms with Crippen LogP contribution < -0.4 is 10.6 Å². The molecule has 0 bridgehead atoms. The van der Waals surface area contributed by atoms with Crippen LogP contribution in [-0.2, 0) is 6.54 Å². The van der Waals surface area contributed by atoms with Crippen LogP contribution in [0.4, 0.5) is 0 Å². The van der Waals surface area contributed by atoms with E-state index in [4.69, 9.17) is 16.1 Å². The Kier molecular flexibility index (Phi) is 5.91. The molecule has 0 saturated heterocycles. The van der Waals surface area contributed by atoms with Crippen molar-refractivity contribution in [2.24, 2.45) is 10.9 Å². The molecule has 1 aromatic heterocycles. The number of hydrogen-bond acceptors (Lipinski definition) is 4. The van der Waals surface area contributed by atoms with Gasteiger partial charge in [0.15, 0.2) is 5.96 Å². The number of benzene rings is 1. The highest BCUT2D eigenvalue weighted by Gasteiger charge is 2.19. The fourth-order valence-electron chi connectivity index (χ4n) is 3.18. The second-order valence-corrected chi connectivity index (χ2v) is 7.00. The highest BCUT2D eigenvalue weighted by molar-refractivity contribution is 6.30. The standard InChI is InChI=1S/C18H24ClN5O/c1-12-5-3-8-15(9-12)22-18(20-2)21-11-16-23-17(24-25-16)13-6-4-7-14(19)10-13/h4,6-7,10,12,15H,3,5,8-9,11H2,1-2H3,(H2,20,21,22). The van der Waals surface area contributed by atoms with Gasteiger partial charge in [-0.05, 0) is 30.9 Å². The molecule has 3 rings (SSSR count). The number of rotatable bonds is 4. The van der Waals surface area contributed by atoms with E-state index in [1.807, 2.05) is 24.3 Å². The molecule has 0 aliphatic heterocycles. The van der Waals surface area contributed by atoms with Crippen LogP contribution in [0, 0.1) is 5.92 Å². The quantitative estimate of drug-likeness (QED) is 0.642. The van der Waals surface area contributed by atoms with Gasteiger partial charge in [-0.25, -0.2) is 0 Å². The lowest BCUT2D eigenvalue weighted by Crippen LogP contribution is -2.44. The SMILES string of the molecule is CN=C(NCc1nc(-c2cccc(Cl)c2)no1)NC1CCCC(C)C1. The van der Waals surface area contributed by atoms with Crippen LogP contribution in [0.5, 0.6) is 0 Å². The van der Waals surface area contributed by atoms with Gasteiger partial charge >= 0.3 is 0 Å². The summed E-state index contributed by atoms with van der Waals surface area (Å²) >= 11 is 6.00. The molecule has 2 atom stereocenters. The lowest BCUT2D eigenvalue weighted by Gasteiger charge is -2.28. The molecule has 2 aromatic rings. The molecule has 134 valence electrons. The fourth-order valence-corrected chi connectivity index (χ4v) is 3.37. The van der Waals surface area contributed by atoms with Gasteiger partial charge in [0.2, 0.25) is 11.7 Å². The monoisotopic (exact) mass is 361 g/mol. The van der Waals surface area contributed by atoms with Gasteiger partial charge < -0.3 is 15.2 Å². The molecular weight excluding hydrogens is 338 g/mol. The maximum absolute atomic E-state index is 6.00. The van der Waals surface area contributed by atoms with Gasteiger partial charge in [0, 0.05) is 23.7 Å².